The molecule has 0 bridgehead atoms. The average molecular weight is 244 g/mol. The molecule has 0 aliphatic rings. The molecular weight excluding hydrogens is 230 g/mol. The van der Waals surface area contributed by atoms with E-state index in [-0.39, 0.29) is 6.10 Å². The van der Waals surface area contributed by atoms with E-state index in [4.69, 9.17) is 5.11 Å². The van der Waals surface area contributed by atoms with Crippen molar-refractivity contribution in [3.63, 3.8) is 0 Å². The van der Waals surface area contributed by atoms with Gasteiger partial charge < -0.3 is 10.4 Å². The number of hydrogen-bond acceptors (Lipinski definition) is 2. The molecule has 3 heteroatoms. The van der Waals surface area contributed by atoms with Gasteiger partial charge in [-0.2, -0.15) is 0 Å². The maximum atomic E-state index is 9.03. The molecule has 0 saturated heterocycles. The summed E-state index contributed by atoms with van der Waals surface area (Å²) in [7, 11) is 0. The van der Waals surface area contributed by atoms with Crippen molar-refractivity contribution in [3.8, 4) is 0 Å². The summed E-state index contributed by atoms with van der Waals surface area (Å²) < 4.78 is 1.10. The molecule has 2 nitrogen and oxygen atoms in total. The summed E-state index contributed by atoms with van der Waals surface area (Å²) >= 11 is 3.46. The molecule has 0 radical (unpaired) electrons. The largest absolute Gasteiger partial charge is 0.392 e. The summed E-state index contributed by atoms with van der Waals surface area (Å²) in [4.78, 5) is 0. The van der Waals surface area contributed by atoms with Crippen LogP contribution in [0.15, 0.2) is 28.7 Å². The first-order chi connectivity index (χ1) is 6.20. The van der Waals surface area contributed by atoms with E-state index in [9.17, 15) is 0 Å². The van der Waals surface area contributed by atoms with Gasteiger partial charge in [0.25, 0.3) is 0 Å². The number of rotatable bonds is 4. The predicted octanol–water partition coefficient (Wildman–Crippen LogP) is 1.92. The van der Waals surface area contributed by atoms with Crippen LogP contribution in [0.25, 0.3) is 0 Å². The van der Waals surface area contributed by atoms with Crippen molar-refractivity contribution in [2.24, 2.45) is 0 Å². The van der Waals surface area contributed by atoms with Gasteiger partial charge in [-0.1, -0.05) is 34.1 Å². The minimum absolute atomic E-state index is 0.289. The van der Waals surface area contributed by atoms with E-state index in [1.165, 1.54) is 5.56 Å². The van der Waals surface area contributed by atoms with E-state index in [1.807, 2.05) is 18.2 Å². The first-order valence-electron chi connectivity index (χ1n) is 4.32. The lowest BCUT2D eigenvalue weighted by Gasteiger charge is -2.07. The van der Waals surface area contributed by atoms with Gasteiger partial charge in [-0.3, -0.25) is 0 Å². The number of halogens is 1. The van der Waals surface area contributed by atoms with Crippen molar-refractivity contribution in [2.75, 3.05) is 6.54 Å². The maximum absolute atomic E-state index is 9.03. The second kappa shape index (κ2) is 5.37. The third kappa shape index (κ3) is 3.89. The van der Waals surface area contributed by atoms with Gasteiger partial charge in [0.05, 0.1) is 6.10 Å². The van der Waals surface area contributed by atoms with Gasteiger partial charge in [0.15, 0.2) is 0 Å². The highest BCUT2D eigenvalue weighted by Crippen LogP contribution is 2.14. The Hall–Kier alpha value is -0.380. The van der Waals surface area contributed by atoms with Crippen molar-refractivity contribution < 1.29 is 5.11 Å². The number of aliphatic hydroxyl groups excluding tert-OH is 1. The zero-order valence-electron chi connectivity index (χ0n) is 7.63. The zero-order valence-corrected chi connectivity index (χ0v) is 9.21. The topological polar surface area (TPSA) is 32.3 Å². The van der Waals surface area contributed by atoms with E-state index < -0.39 is 0 Å². The molecule has 2 N–H and O–H groups in total. The van der Waals surface area contributed by atoms with Crippen LogP contribution < -0.4 is 5.32 Å². The highest BCUT2D eigenvalue weighted by Gasteiger charge is 1.98. The Kier molecular flexibility index (Phi) is 4.42. The van der Waals surface area contributed by atoms with Crippen molar-refractivity contribution in [2.45, 2.75) is 19.6 Å². The van der Waals surface area contributed by atoms with Crippen molar-refractivity contribution >= 4 is 15.9 Å². The lowest BCUT2D eigenvalue weighted by molar-refractivity contribution is 0.191. The van der Waals surface area contributed by atoms with Crippen molar-refractivity contribution in [1.29, 1.82) is 0 Å². The number of aliphatic hydroxyl groups is 1. The van der Waals surface area contributed by atoms with Crippen LogP contribution in [0.4, 0.5) is 0 Å². The molecular formula is C10H14BrNO. The van der Waals surface area contributed by atoms with Gasteiger partial charge in [0, 0.05) is 17.6 Å². The van der Waals surface area contributed by atoms with Gasteiger partial charge in [-0.25, -0.2) is 0 Å². The first kappa shape index (κ1) is 10.7. The highest BCUT2D eigenvalue weighted by atomic mass is 79.9. The van der Waals surface area contributed by atoms with Gasteiger partial charge in [-0.15, -0.1) is 0 Å². The average Bonchev–Trinajstić information content (AvgIpc) is 2.08. The van der Waals surface area contributed by atoms with E-state index in [0.717, 1.165) is 11.0 Å². The Bertz CT molecular complexity index is 263. The number of benzene rings is 1. The van der Waals surface area contributed by atoms with Gasteiger partial charge in [0.2, 0.25) is 0 Å². The zero-order chi connectivity index (χ0) is 9.68. The number of hydrogen-bond donors (Lipinski definition) is 2. The lowest BCUT2D eigenvalue weighted by atomic mass is 10.2. The molecule has 0 spiro atoms. The molecule has 1 rings (SSSR count). The minimum Gasteiger partial charge on any atom is -0.392 e. The molecule has 1 unspecified atom stereocenters. The molecule has 1 aromatic carbocycles. The van der Waals surface area contributed by atoms with Crippen LogP contribution in [0.3, 0.4) is 0 Å². The summed E-state index contributed by atoms with van der Waals surface area (Å²) in [5.74, 6) is 0. The number of nitrogens with one attached hydrogen (secondary N) is 1. The minimum atomic E-state index is -0.289. The standard InChI is InChI=1S/C10H14BrNO/c1-8(13)6-12-7-9-4-2-3-5-10(9)11/h2-5,8,12-13H,6-7H2,1H3. The molecule has 0 aliphatic carbocycles. The summed E-state index contributed by atoms with van der Waals surface area (Å²) in [5.41, 5.74) is 1.21. The van der Waals surface area contributed by atoms with E-state index in [1.54, 1.807) is 6.92 Å². The van der Waals surface area contributed by atoms with Crippen LogP contribution in [0.5, 0.6) is 0 Å². The Morgan fingerprint density at radius 2 is 2.15 bits per heavy atom. The van der Waals surface area contributed by atoms with Gasteiger partial charge >= 0.3 is 0 Å². The molecule has 0 amide bonds. The summed E-state index contributed by atoms with van der Waals surface area (Å²) in [6.45, 7) is 3.18. The Morgan fingerprint density at radius 3 is 2.77 bits per heavy atom. The fraction of sp³-hybridized carbons (Fsp3) is 0.400. The van der Waals surface area contributed by atoms with Gasteiger partial charge in [0.1, 0.15) is 0 Å². The van der Waals surface area contributed by atoms with E-state index in [0.29, 0.717) is 6.54 Å². The van der Waals surface area contributed by atoms with Crippen LogP contribution in [-0.4, -0.2) is 17.8 Å². The van der Waals surface area contributed by atoms with E-state index >= 15 is 0 Å². The second-order valence-electron chi connectivity index (χ2n) is 3.07. The summed E-state index contributed by atoms with van der Waals surface area (Å²) in [6, 6.07) is 8.06. The molecule has 0 fully saturated rings. The van der Waals surface area contributed by atoms with Crippen LogP contribution in [0, 0.1) is 0 Å². The third-order valence-corrected chi connectivity index (χ3v) is 2.49. The monoisotopic (exact) mass is 243 g/mol. The lowest BCUT2D eigenvalue weighted by Crippen LogP contribution is -2.23. The van der Waals surface area contributed by atoms with Crippen LogP contribution in [0.1, 0.15) is 12.5 Å². The van der Waals surface area contributed by atoms with Crippen LogP contribution >= 0.6 is 15.9 Å². The van der Waals surface area contributed by atoms with Crippen LogP contribution in [0.2, 0.25) is 0 Å². The summed E-state index contributed by atoms with van der Waals surface area (Å²) in [6.07, 6.45) is -0.289. The normalized spacial score (nSPS) is 12.8. The Morgan fingerprint density at radius 1 is 1.46 bits per heavy atom. The molecule has 0 heterocycles. The molecule has 1 aromatic rings. The fourth-order valence-corrected chi connectivity index (χ4v) is 1.48. The molecule has 0 aromatic heterocycles. The van der Waals surface area contributed by atoms with Gasteiger partial charge in [-0.05, 0) is 18.6 Å². The SMILES string of the molecule is CC(O)CNCc1ccccc1Br. The quantitative estimate of drug-likeness (QED) is 0.848. The Labute approximate surface area is 87.1 Å². The second-order valence-corrected chi connectivity index (χ2v) is 3.93. The molecule has 0 saturated carbocycles. The maximum Gasteiger partial charge on any atom is 0.0636 e. The molecule has 72 valence electrons. The first-order valence-corrected chi connectivity index (χ1v) is 5.11. The smallest absolute Gasteiger partial charge is 0.0636 e. The predicted molar refractivity (Wildman–Crippen MR) is 57.5 cm³/mol. The highest BCUT2D eigenvalue weighted by molar-refractivity contribution is 9.10. The summed E-state index contributed by atoms with van der Waals surface area (Å²) in [5, 5.41) is 12.2. The van der Waals surface area contributed by atoms with E-state index in [2.05, 4.69) is 27.3 Å². The van der Waals surface area contributed by atoms with Crippen LogP contribution in [-0.2, 0) is 6.54 Å². The Balaban J connectivity index is 2.41. The van der Waals surface area contributed by atoms with Crippen molar-refractivity contribution in [1.82, 2.24) is 5.32 Å². The molecule has 1 atom stereocenters. The third-order valence-electron chi connectivity index (χ3n) is 1.71. The molecule has 0 aliphatic heterocycles. The molecule has 13 heavy (non-hydrogen) atoms. The fourth-order valence-electron chi connectivity index (χ4n) is 1.06. The van der Waals surface area contributed by atoms with Crippen molar-refractivity contribution in [3.05, 3.63) is 34.3 Å².